The molecule has 1 saturated heterocycles. The maximum absolute atomic E-state index is 12.4. The lowest BCUT2D eigenvalue weighted by Crippen LogP contribution is -2.44. The third-order valence-corrected chi connectivity index (χ3v) is 6.03. The van der Waals surface area contributed by atoms with E-state index in [-0.39, 0.29) is 23.7 Å². The highest BCUT2D eigenvalue weighted by molar-refractivity contribution is 7.09. The Morgan fingerprint density at radius 2 is 1.89 bits per heavy atom. The summed E-state index contributed by atoms with van der Waals surface area (Å²) in [5.41, 5.74) is 3.35. The van der Waals surface area contributed by atoms with Crippen LogP contribution in [-0.4, -0.2) is 41.3 Å². The van der Waals surface area contributed by atoms with Gasteiger partial charge in [0, 0.05) is 42.4 Å². The van der Waals surface area contributed by atoms with Crippen LogP contribution in [0, 0.1) is 18.8 Å². The van der Waals surface area contributed by atoms with Crippen LogP contribution in [0.25, 0.3) is 11.3 Å². The highest BCUT2D eigenvalue weighted by Gasteiger charge is 2.27. The summed E-state index contributed by atoms with van der Waals surface area (Å²) < 4.78 is 0. The molecule has 1 aliphatic heterocycles. The second-order valence-corrected chi connectivity index (χ2v) is 8.81. The predicted octanol–water partition coefficient (Wildman–Crippen LogP) is 3.67. The fourth-order valence-corrected chi connectivity index (χ4v) is 4.16. The molecule has 0 atom stereocenters. The Bertz CT molecular complexity index is 805. The van der Waals surface area contributed by atoms with Crippen LogP contribution in [-0.2, 0) is 16.0 Å². The molecule has 0 bridgehead atoms. The quantitative estimate of drug-likeness (QED) is 0.806. The smallest absolute Gasteiger partial charge is 0.225 e. The van der Waals surface area contributed by atoms with Gasteiger partial charge in [0.05, 0.1) is 10.7 Å². The summed E-state index contributed by atoms with van der Waals surface area (Å²) in [6.45, 7) is 7.87. The van der Waals surface area contributed by atoms with E-state index < -0.39 is 0 Å². The Hall–Kier alpha value is -2.21. The van der Waals surface area contributed by atoms with Crippen LogP contribution in [0.4, 0.5) is 0 Å². The Labute approximate surface area is 171 Å². The Morgan fingerprint density at radius 1 is 1.21 bits per heavy atom. The standard InChI is InChI=1S/C22H29N3O2S/c1-15(2)22(27)25-12-9-19(10-13-25)21(26)23-11-8-17-4-6-18(7-5-17)20-14-28-16(3)24-20/h4-7,14-15,19H,8-13H2,1-3H3,(H,23,26). The van der Waals surface area contributed by atoms with Crippen molar-refractivity contribution in [3.05, 3.63) is 40.2 Å². The molecule has 0 unspecified atom stereocenters. The van der Waals surface area contributed by atoms with Crippen molar-refractivity contribution >= 4 is 23.2 Å². The van der Waals surface area contributed by atoms with Gasteiger partial charge in [0.25, 0.3) is 0 Å². The topological polar surface area (TPSA) is 62.3 Å². The van der Waals surface area contributed by atoms with Crippen LogP contribution < -0.4 is 5.32 Å². The molecule has 2 aromatic rings. The minimum Gasteiger partial charge on any atom is -0.356 e. The number of amides is 2. The van der Waals surface area contributed by atoms with Crippen molar-refractivity contribution in [2.75, 3.05) is 19.6 Å². The molecule has 0 saturated carbocycles. The lowest BCUT2D eigenvalue weighted by atomic mass is 9.95. The van der Waals surface area contributed by atoms with Gasteiger partial charge < -0.3 is 10.2 Å². The van der Waals surface area contributed by atoms with E-state index in [4.69, 9.17) is 0 Å². The average molecular weight is 400 g/mol. The number of hydrogen-bond donors (Lipinski definition) is 1. The predicted molar refractivity (Wildman–Crippen MR) is 113 cm³/mol. The first-order valence-electron chi connectivity index (χ1n) is 10.0. The van der Waals surface area contributed by atoms with E-state index >= 15 is 0 Å². The molecule has 1 aromatic heterocycles. The number of likely N-dealkylation sites (tertiary alicyclic amines) is 1. The molecule has 1 aliphatic rings. The number of aryl methyl sites for hydroxylation is 1. The van der Waals surface area contributed by atoms with Crippen molar-refractivity contribution in [3.63, 3.8) is 0 Å². The van der Waals surface area contributed by atoms with Crippen molar-refractivity contribution in [1.29, 1.82) is 0 Å². The number of piperidine rings is 1. The second kappa shape index (κ2) is 9.32. The van der Waals surface area contributed by atoms with E-state index in [1.54, 1.807) is 11.3 Å². The minimum atomic E-state index is 0.0199. The molecule has 150 valence electrons. The van der Waals surface area contributed by atoms with Gasteiger partial charge in [-0.1, -0.05) is 38.1 Å². The van der Waals surface area contributed by atoms with Crippen molar-refractivity contribution in [3.8, 4) is 11.3 Å². The fraction of sp³-hybridized carbons (Fsp3) is 0.500. The molecule has 0 aliphatic carbocycles. The van der Waals surface area contributed by atoms with Gasteiger partial charge >= 0.3 is 0 Å². The number of aromatic nitrogens is 1. The molecular weight excluding hydrogens is 370 g/mol. The van der Waals surface area contributed by atoms with Crippen molar-refractivity contribution in [1.82, 2.24) is 15.2 Å². The molecule has 28 heavy (non-hydrogen) atoms. The zero-order valence-corrected chi connectivity index (χ0v) is 17.7. The third kappa shape index (κ3) is 5.19. The van der Waals surface area contributed by atoms with Crippen LogP contribution in [0.3, 0.4) is 0 Å². The second-order valence-electron chi connectivity index (χ2n) is 7.74. The highest BCUT2D eigenvalue weighted by Crippen LogP contribution is 2.22. The number of nitrogens with one attached hydrogen (secondary N) is 1. The SMILES string of the molecule is Cc1nc(-c2ccc(CCNC(=O)C3CCN(C(=O)C(C)C)CC3)cc2)cs1. The summed E-state index contributed by atoms with van der Waals surface area (Å²) in [7, 11) is 0. The van der Waals surface area contributed by atoms with Crippen LogP contribution in [0.1, 0.15) is 37.3 Å². The zero-order chi connectivity index (χ0) is 20.1. The van der Waals surface area contributed by atoms with Gasteiger partial charge in [0.1, 0.15) is 0 Å². The fourth-order valence-electron chi connectivity index (χ4n) is 3.54. The number of thiazole rings is 1. The molecule has 1 fully saturated rings. The maximum Gasteiger partial charge on any atom is 0.225 e. The third-order valence-electron chi connectivity index (χ3n) is 5.25. The van der Waals surface area contributed by atoms with Crippen molar-refractivity contribution in [2.45, 2.75) is 40.0 Å². The first-order chi connectivity index (χ1) is 13.4. The summed E-state index contributed by atoms with van der Waals surface area (Å²) in [4.78, 5) is 30.9. The van der Waals surface area contributed by atoms with Gasteiger partial charge in [-0.2, -0.15) is 0 Å². The summed E-state index contributed by atoms with van der Waals surface area (Å²) >= 11 is 1.66. The number of carbonyl (C=O) groups excluding carboxylic acids is 2. The number of carbonyl (C=O) groups is 2. The zero-order valence-electron chi connectivity index (χ0n) is 16.9. The molecule has 5 nitrogen and oxygen atoms in total. The van der Waals surface area contributed by atoms with Gasteiger partial charge in [-0.3, -0.25) is 9.59 Å². The molecule has 1 N–H and O–H groups in total. The number of rotatable bonds is 6. The van der Waals surface area contributed by atoms with Crippen LogP contribution in [0.2, 0.25) is 0 Å². The first-order valence-corrected chi connectivity index (χ1v) is 10.9. The van der Waals surface area contributed by atoms with Crippen LogP contribution in [0.15, 0.2) is 29.6 Å². The summed E-state index contributed by atoms with van der Waals surface area (Å²) in [6.07, 6.45) is 2.32. The summed E-state index contributed by atoms with van der Waals surface area (Å²) in [5, 5.41) is 6.21. The van der Waals surface area contributed by atoms with Gasteiger partial charge in [0.15, 0.2) is 0 Å². The molecule has 3 rings (SSSR count). The van der Waals surface area contributed by atoms with Crippen molar-refractivity contribution in [2.24, 2.45) is 11.8 Å². The van der Waals surface area contributed by atoms with Crippen LogP contribution in [0.5, 0.6) is 0 Å². The highest BCUT2D eigenvalue weighted by atomic mass is 32.1. The summed E-state index contributed by atoms with van der Waals surface area (Å²) in [6, 6.07) is 8.39. The number of benzene rings is 1. The number of hydrogen-bond acceptors (Lipinski definition) is 4. The molecule has 2 amide bonds. The van der Waals surface area contributed by atoms with Crippen LogP contribution >= 0.6 is 11.3 Å². The largest absolute Gasteiger partial charge is 0.356 e. The lowest BCUT2D eigenvalue weighted by molar-refractivity contribution is -0.138. The Balaban J connectivity index is 1.41. The van der Waals surface area contributed by atoms with E-state index in [1.165, 1.54) is 5.56 Å². The van der Waals surface area contributed by atoms with Gasteiger partial charge in [-0.15, -0.1) is 11.3 Å². The molecule has 6 heteroatoms. The normalized spacial score (nSPS) is 15.1. The summed E-state index contributed by atoms with van der Waals surface area (Å²) in [5.74, 6) is 0.351. The van der Waals surface area contributed by atoms with Gasteiger partial charge in [-0.25, -0.2) is 4.98 Å². The molecule has 0 spiro atoms. The average Bonchev–Trinajstić information content (AvgIpc) is 3.14. The van der Waals surface area contributed by atoms with E-state index in [0.717, 1.165) is 35.5 Å². The van der Waals surface area contributed by atoms with E-state index in [0.29, 0.717) is 19.6 Å². The van der Waals surface area contributed by atoms with E-state index in [9.17, 15) is 9.59 Å². The maximum atomic E-state index is 12.4. The first kappa shape index (κ1) is 20.5. The monoisotopic (exact) mass is 399 g/mol. The van der Waals surface area contributed by atoms with E-state index in [1.807, 2.05) is 25.7 Å². The minimum absolute atomic E-state index is 0.0199. The van der Waals surface area contributed by atoms with Gasteiger partial charge in [0.2, 0.25) is 11.8 Å². The van der Waals surface area contributed by atoms with Gasteiger partial charge in [-0.05, 0) is 31.7 Å². The van der Waals surface area contributed by atoms with Crippen molar-refractivity contribution < 1.29 is 9.59 Å². The molecule has 0 radical (unpaired) electrons. The number of nitrogens with zero attached hydrogens (tertiary/aromatic N) is 2. The lowest BCUT2D eigenvalue weighted by Gasteiger charge is -2.32. The molecular formula is C22H29N3O2S. The molecule has 1 aromatic carbocycles. The molecule has 2 heterocycles. The Kier molecular flexibility index (Phi) is 6.83. The Morgan fingerprint density at radius 3 is 2.46 bits per heavy atom. The van der Waals surface area contributed by atoms with E-state index in [2.05, 4.69) is 39.9 Å².